The highest BCUT2D eigenvalue weighted by atomic mass is 79.9. The molecule has 0 unspecified atom stereocenters. The van der Waals surface area contributed by atoms with Crippen molar-refractivity contribution < 1.29 is 0 Å². The highest BCUT2D eigenvalue weighted by molar-refractivity contribution is 9.10. The Kier molecular flexibility index (Phi) is 3.37. The van der Waals surface area contributed by atoms with Crippen molar-refractivity contribution in [3.8, 4) is 0 Å². The second-order valence-electron chi connectivity index (χ2n) is 4.35. The van der Waals surface area contributed by atoms with Gasteiger partial charge in [0.05, 0.1) is 11.0 Å². The van der Waals surface area contributed by atoms with Gasteiger partial charge >= 0.3 is 0 Å². The van der Waals surface area contributed by atoms with Gasteiger partial charge in [0.2, 0.25) is 5.95 Å². The van der Waals surface area contributed by atoms with Crippen LogP contribution >= 0.6 is 15.9 Å². The van der Waals surface area contributed by atoms with Crippen LogP contribution < -0.4 is 10.2 Å². The van der Waals surface area contributed by atoms with Gasteiger partial charge < -0.3 is 14.8 Å². The number of imidazole rings is 1. The number of nitrogens with one attached hydrogen (secondary N) is 1. The van der Waals surface area contributed by atoms with Crippen LogP contribution in [-0.2, 0) is 13.1 Å². The van der Waals surface area contributed by atoms with Gasteiger partial charge in [-0.05, 0) is 22.9 Å². The number of nitrogens with zero attached hydrogens (tertiary/aromatic N) is 5. The first-order chi connectivity index (χ1) is 9.28. The van der Waals surface area contributed by atoms with E-state index in [1.165, 1.54) is 0 Å². The van der Waals surface area contributed by atoms with Gasteiger partial charge in [-0.25, -0.2) is 9.97 Å². The zero-order chi connectivity index (χ0) is 13.2. The summed E-state index contributed by atoms with van der Waals surface area (Å²) in [5.74, 6) is 2.65. The molecule has 0 radical (unpaired) electrons. The third-order valence-electron chi connectivity index (χ3n) is 3.10. The Morgan fingerprint density at radius 2 is 2.26 bits per heavy atom. The van der Waals surface area contributed by atoms with Gasteiger partial charge in [0, 0.05) is 38.2 Å². The van der Waals surface area contributed by atoms with Gasteiger partial charge in [-0.3, -0.25) is 0 Å². The molecule has 0 fully saturated rings. The van der Waals surface area contributed by atoms with E-state index < -0.39 is 0 Å². The number of anilines is 2. The molecule has 7 heteroatoms. The van der Waals surface area contributed by atoms with Crippen LogP contribution in [0.5, 0.6) is 0 Å². The van der Waals surface area contributed by atoms with Crippen molar-refractivity contribution in [2.24, 2.45) is 0 Å². The molecule has 0 atom stereocenters. The molecule has 19 heavy (non-hydrogen) atoms. The second kappa shape index (κ2) is 5.16. The Morgan fingerprint density at radius 1 is 1.37 bits per heavy atom. The maximum Gasteiger partial charge on any atom is 0.224 e. The monoisotopic (exact) mass is 322 g/mol. The summed E-state index contributed by atoms with van der Waals surface area (Å²) in [6, 6.07) is 0. The lowest BCUT2D eigenvalue weighted by Crippen LogP contribution is -2.34. The molecule has 0 aromatic carbocycles. The first kappa shape index (κ1) is 12.4. The summed E-state index contributed by atoms with van der Waals surface area (Å²) < 4.78 is 3.09. The molecule has 0 bridgehead atoms. The van der Waals surface area contributed by atoms with Crippen molar-refractivity contribution in [3.05, 3.63) is 28.9 Å². The number of halogens is 1. The minimum atomic E-state index is 0.662. The molecule has 100 valence electrons. The van der Waals surface area contributed by atoms with E-state index in [1.807, 2.05) is 19.3 Å². The van der Waals surface area contributed by atoms with Crippen LogP contribution in [0.3, 0.4) is 0 Å². The summed E-state index contributed by atoms with van der Waals surface area (Å²) in [6.07, 6.45) is 5.66. The Bertz CT molecular complexity index is 581. The average molecular weight is 323 g/mol. The number of aromatic nitrogens is 4. The SMILES string of the molecule is CCNc1ncc(Br)c(N2CCn3ccnc3C2)n1. The number of rotatable bonds is 3. The minimum absolute atomic E-state index is 0.662. The van der Waals surface area contributed by atoms with E-state index in [4.69, 9.17) is 0 Å². The highest BCUT2D eigenvalue weighted by Crippen LogP contribution is 2.27. The van der Waals surface area contributed by atoms with Gasteiger partial charge in [0.25, 0.3) is 0 Å². The second-order valence-corrected chi connectivity index (χ2v) is 5.21. The molecule has 1 aliphatic rings. The van der Waals surface area contributed by atoms with E-state index >= 15 is 0 Å². The largest absolute Gasteiger partial charge is 0.354 e. The number of fused-ring (bicyclic) bond motifs is 1. The molecule has 6 nitrogen and oxygen atoms in total. The average Bonchev–Trinajstić information content (AvgIpc) is 2.88. The van der Waals surface area contributed by atoms with E-state index in [2.05, 4.69) is 45.7 Å². The number of hydrogen-bond acceptors (Lipinski definition) is 5. The topological polar surface area (TPSA) is 58.9 Å². The predicted molar refractivity (Wildman–Crippen MR) is 77.2 cm³/mol. The van der Waals surface area contributed by atoms with Gasteiger partial charge in [0.1, 0.15) is 11.6 Å². The maximum atomic E-state index is 4.56. The first-order valence-electron chi connectivity index (χ1n) is 6.29. The lowest BCUT2D eigenvalue weighted by Gasteiger charge is -2.29. The van der Waals surface area contributed by atoms with Crippen LogP contribution in [0.4, 0.5) is 11.8 Å². The van der Waals surface area contributed by atoms with Gasteiger partial charge in [-0.15, -0.1) is 0 Å². The van der Waals surface area contributed by atoms with Crippen LogP contribution in [0.1, 0.15) is 12.7 Å². The molecule has 0 spiro atoms. The maximum absolute atomic E-state index is 4.56. The van der Waals surface area contributed by atoms with Crippen molar-refractivity contribution in [1.29, 1.82) is 0 Å². The standard InChI is InChI=1S/C12H15BrN6/c1-2-14-12-16-7-9(13)11(17-12)19-6-5-18-4-3-15-10(18)8-19/h3-4,7H,2,5-6,8H2,1H3,(H,14,16,17). The lowest BCUT2D eigenvalue weighted by molar-refractivity contribution is 0.555. The fraction of sp³-hybridized carbons (Fsp3) is 0.417. The van der Waals surface area contributed by atoms with Crippen molar-refractivity contribution in [2.75, 3.05) is 23.3 Å². The van der Waals surface area contributed by atoms with Crippen molar-refractivity contribution in [3.63, 3.8) is 0 Å². The zero-order valence-corrected chi connectivity index (χ0v) is 12.3. The van der Waals surface area contributed by atoms with Crippen LogP contribution in [0.2, 0.25) is 0 Å². The Labute approximate surface area is 120 Å². The highest BCUT2D eigenvalue weighted by Gasteiger charge is 2.20. The Hall–Kier alpha value is -1.63. The molecule has 3 heterocycles. The molecular weight excluding hydrogens is 308 g/mol. The summed E-state index contributed by atoms with van der Waals surface area (Å²) in [4.78, 5) is 15.4. The van der Waals surface area contributed by atoms with Gasteiger partial charge in [0.15, 0.2) is 0 Å². The van der Waals surface area contributed by atoms with E-state index in [0.717, 1.165) is 42.3 Å². The third kappa shape index (κ3) is 2.42. The Balaban J connectivity index is 1.88. The molecule has 0 saturated heterocycles. The number of hydrogen-bond donors (Lipinski definition) is 1. The van der Waals surface area contributed by atoms with Crippen LogP contribution in [0, 0.1) is 0 Å². The third-order valence-corrected chi connectivity index (χ3v) is 3.66. The van der Waals surface area contributed by atoms with Gasteiger partial charge in [-0.1, -0.05) is 0 Å². The Morgan fingerprint density at radius 3 is 3.11 bits per heavy atom. The van der Waals surface area contributed by atoms with Crippen molar-refractivity contribution in [2.45, 2.75) is 20.0 Å². The smallest absolute Gasteiger partial charge is 0.224 e. The summed E-state index contributed by atoms with van der Waals surface area (Å²) >= 11 is 3.53. The summed E-state index contributed by atoms with van der Waals surface area (Å²) in [5, 5.41) is 3.14. The molecule has 2 aromatic heterocycles. The molecule has 0 saturated carbocycles. The molecule has 1 N–H and O–H groups in total. The first-order valence-corrected chi connectivity index (χ1v) is 7.08. The molecule has 1 aliphatic heterocycles. The summed E-state index contributed by atoms with van der Waals surface area (Å²) in [6.45, 7) is 5.47. The van der Waals surface area contributed by atoms with Crippen LogP contribution in [0.15, 0.2) is 23.1 Å². The molecule has 0 amide bonds. The van der Waals surface area contributed by atoms with Gasteiger partial charge in [-0.2, -0.15) is 4.98 Å². The van der Waals surface area contributed by atoms with E-state index in [0.29, 0.717) is 5.95 Å². The molecule has 2 aromatic rings. The fourth-order valence-corrected chi connectivity index (χ4v) is 2.62. The normalized spacial score (nSPS) is 14.3. The predicted octanol–water partition coefficient (Wildman–Crippen LogP) is 1.89. The van der Waals surface area contributed by atoms with Crippen molar-refractivity contribution in [1.82, 2.24) is 19.5 Å². The molecule has 3 rings (SSSR count). The lowest BCUT2D eigenvalue weighted by atomic mass is 10.3. The fourth-order valence-electron chi connectivity index (χ4n) is 2.18. The summed E-state index contributed by atoms with van der Waals surface area (Å²) in [7, 11) is 0. The molecule has 0 aliphatic carbocycles. The zero-order valence-electron chi connectivity index (χ0n) is 10.7. The van der Waals surface area contributed by atoms with Crippen LogP contribution in [0.25, 0.3) is 0 Å². The minimum Gasteiger partial charge on any atom is -0.354 e. The van der Waals surface area contributed by atoms with Crippen molar-refractivity contribution >= 4 is 27.7 Å². The molecular formula is C12H15BrN6. The summed E-state index contributed by atoms with van der Waals surface area (Å²) in [5.41, 5.74) is 0. The van der Waals surface area contributed by atoms with Crippen LogP contribution in [-0.4, -0.2) is 32.6 Å². The van der Waals surface area contributed by atoms with E-state index in [9.17, 15) is 0 Å². The van der Waals surface area contributed by atoms with E-state index in [-0.39, 0.29) is 0 Å². The quantitative estimate of drug-likeness (QED) is 0.935. The van der Waals surface area contributed by atoms with E-state index in [1.54, 1.807) is 6.20 Å².